The number of methoxy groups -OCH3 is 2. The molecule has 0 radical (unpaired) electrons. The molecule has 2 atom stereocenters. The maximum atomic E-state index is 5.21. The van der Waals surface area contributed by atoms with Gasteiger partial charge < -0.3 is 20.1 Å². The Hall–Kier alpha value is -1.72. The molecule has 2 aromatic carbocycles. The first-order valence-electron chi connectivity index (χ1n) is 8.41. The van der Waals surface area contributed by atoms with Crippen molar-refractivity contribution in [3.05, 3.63) is 71.8 Å². The molecule has 0 saturated heterocycles. The first kappa shape index (κ1) is 18.6. The Morgan fingerprint density at radius 1 is 0.667 bits per heavy atom. The van der Waals surface area contributed by atoms with Crippen molar-refractivity contribution >= 4 is 0 Å². The van der Waals surface area contributed by atoms with Gasteiger partial charge in [0.05, 0.1) is 25.3 Å². The third-order valence-corrected chi connectivity index (χ3v) is 3.99. The number of nitrogens with one attached hydrogen (secondary N) is 2. The highest BCUT2D eigenvalue weighted by molar-refractivity contribution is 5.27. The summed E-state index contributed by atoms with van der Waals surface area (Å²) in [6.07, 6.45) is 0. The minimum atomic E-state index is 0.153. The molecular weight excluding hydrogens is 300 g/mol. The molecule has 0 bridgehead atoms. The number of rotatable bonds is 11. The summed E-state index contributed by atoms with van der Waals surface area (Å²) in [7, 11) is 3.45. The minimum absolute atomic E-state index is 0.153. The lowest BCUT2D eigenvalue weighted by Crippen LogP contribution is -2.38. The molecule has 0 aliphatic rings. The molecule has 2 N–H and O–H groups in total. The van der Waals surface area contributed by atoms with Crippen LogP contribution in [0.4, 0.5) is 0 Å². The van der Waals surface area contributed by atoms with Gasteiger partial charge in [-0.1, -0.05) is 60.7 Å². The lowest BCUT2D eigenvalue weighted by Gasteiger charge is -2.30. The van der Waals surface area contributed by atoms with Crippen LogP contribution in [0.2, 0.25) is 0 Å². The molecule has 0 unspecified atom stereocenters. The Kier molecular flexibility index (Phi) is 8.49. The second-order valence-corrected chi connectivity index (χ2v) is 5.67. The van der Waals surface area contributed by atoms with Crippen molar-refractivity contribution in [2.45, 2.75) is 12.1 Å². The Balaban J connectivity index is 2.24. The van der Waals surface area contributed by atoms with Gasteiger partial charge in [0.25, 0.3) is 0 Å². The molecule has 4 nitrogen and oxygen atoms in total. The van der Waals surface area contributed by atoms with Gasteiger partial charge in [0.15, 0.2) is 0 Å². The van der Waals surface area contributed by atoms with E-state index in [9.17, 15) is 0 Å². The van der Waals surface area contributed by atoms with Crippen molar-refractivity contribution < 1.29 is 9.47 Å². The van der Waals surface area contributed by atoms with Gasteiger partial charge >= 0.3 is 0 Å². The van der Waals surface area contributed by atoms with Crippen molar-refractivity contribution in [2.24, 2.45) is 0 Å². The number of benzene rings is 2. The highest BCUT2D eigenvalue weighted by Crippen LogP contribution is 2.28. The molecule has 24 heavy (non-hydrogen) atoms. The van der Waals surface area contributed by atoms with E-state index >= 15 is 0 Å². The predicted molar refractivity (Wildman–Crippen MR) is 98.1 cm³/mol. The lowest BCUT2D eigenvalue weighted by molar-refractivity contribution is 0.183. The largest absolute Gasteiger partial charge is 0.383 e. The summed E-state index contributed by atoms with van der Waals surface area (Å²) in [5.41, 5.74) is 2.51. The fourth-order valence-electron chi connectivity index (χ4n) is 2.81. The first-order chi connectivity index (χ1) is 11.9. The van der Waals surface area contributed by atoms with Gasteiger partial charge in [0.2, 0.25) is 0 Å². The highest BCUT2D eigenvalue weighted by atomic mass is 16.5. The fraction of sp³-hybridized carbons (Fsp3) is 0.400. The quantitative estimate of drug-likeness (QED) is 0.623. The molecule has 0 fully saturated rings. The van der Waals surface area contributed by atoms with Crippen LogP contribution >= 0.6 is 0 Å². The van der Waals surface area contributed by atoms with E-state index in [1.807, 2.05) is 12.1 Å². The molecule has 0 aliphatic carbocycles. The van der Waals surface area contributed by atoms with E-state index in [0.717, 1.165) is 13.1 Å². The Morgan fingerprint density at radius 2 is 1.04 bits per heavy atom. The molecule has 130 valence electrons. The standard InChI is InChI=1S/C20H28N2O2/c1-23-15-13-21-19(17-9-5-3-6-10-17)20(22-14-16-24-2)18-11-7-4-8-12-18/h3-12,19-22H,13-16H2,1-2H3/t19-,20-/m0/s1. The van der Waals surface area contributed by atoms with Crippen molar-refractivity contribution in [3.8, 4) is 0 Å². The van der Waals surface area contributed by atoms with Crippen LogP contribution in [0, 0.1) is 0 Å². The van der Waals surface area contributed by atoms with Crippen LogP contribution < -0.4 is 10.6 Å². The molecule has 2 aromatic rings. The van der Waals surface area contributed by atoms with E-state index < -0.39 is 0 Å². The average molecular weight is 328 g/mol. The van der Waals surface area contributed by atoms with Crippen molar-refractivity contribution in [1.29, 1.82) is 0 Å². The highest BCUT2D eigenvalue weighted by Gasteiger charge is 2.23. The summed E-state index contributed by atoms with van der Waals surface area (Å²) in [5.74, 6) is 0. The smallest absolute Gasteiger partial charge is 0.0587 e. The summed E-state index contributed by atoms with van der Waals surface area (Å²) < 4.78 is 10.4. The maximum Gasteiger partial charge on any atom is 0.0587 e. The molecule has 0 amide bonds. The average Bonchev–Trinajstić information content (AvgIpc) is 2.65. The Labute approximate surface area is 145 Å². The molecule has 0 aliphatic heterocycles. The molecule has 0 spiro atoms. The summed E-state index contributed by atoms with van der Waals surface area (Å²) in [6, 6.07) is 21.4. The van der Waals surface area contributed by atoms with Crippen LogP contribution in [0.3, 0.4) is 0 Å². The van der Waals surface area contributed by atoms with E-state index in [1.54, 1.807) is 14.2 Å². The van der Waals surface area contributed by atoms with E-state index in [0.29, 0.717) is 13.2 Å². The van der Waals surface area contributed by atoms with E-state index in [4.69, 9.17) is 9.47 Å². The normalized spacial score (nSPS) is 13.6. The van der Waals surface area contributed by atoms with Crippen LogP contribution in [-0.2, 0) is 9.47 Å². The van der Waals surface area contributed by atoms with Gasteiger partial charge in [-0.3, -0.25) is 0 Å². The van der Waals surface area contributed by atoms with Gasteiger partial charge in [-0.25, -0.2) is 0 Å². The van der Waals surface area contributed by atoms with Crippen LogP contribution in [0.1, 0.15) is 23.2 Å². The van der Waals surface area contributed by atoms with Gasteiger partial charge in [-0.2, -0.15) is 0 Å². The Bertz CT molecular complexity index is 497. The molecule has 0 heterocycles. The van der Waals surface area contributed by atoms with E-state index in [-0.39, 0.29) is 12.1 Å². The van der Waals surface area contributed by atoms with Crippen molar-refractivity contribution in [1.82, 2.24) is 10.6 Å². The third kappa shape index (κ3) is 5.73. The number of ether oxygens (including phenoxy) is 2. The van der Waals surface area contributed by atoms with Crippen LogP contribution in [0.25, 0.3) is 0 Å². The van der Waals surface area contributed by atoms with Crippen molar-refractivity contribution in [2.75, 3.05) is 40.5 Å². The zero-order chi connectivity index (χ0) is 17.0. The predicted octanol–water partition coefficient (Wildman–Crippen LogP) is 2.94. The molecule has 0 aromatic heterocycles. The maximum absolute atomic E-state index is 5.21. The zero-order valence-electron chi connectivity index (χ0n) is 14.6. The van der Waals surface area contributed by atoms with Gasteiger partial charge in [0.1, 0.15) is 0 Å². The van der Waals surface area contributed by atoms with Crippen LogP contribution in [0.15, 0.2) is 60.7 Å². The second kappa shape index (κ2) is 10.9. The van der Waals surface area contributed by atoms with E-state index in [2.05, 4.69) is 59.2 Å². The van der Waals surface area contributed by atoms with Gasteiger partial charge in [-0.05, 0) is 11.1 Å². The number of hydrogen-bond donors (Lipinski definition) is 2. The zero-order valence-corrected chi connectivity index (χ0v) is 14.6. The SMILES string of the molecule is COCCN[C@@H](c1ccccc1)[C@@H](NCCOC)c1ccccc1. The number of hydrogen-bond acceptors (Lipinski definition) is 4. The Morgan fingerprint density at radius 3 is 1.38 bits per heavy atom. The monoisotopic (exact) mass is 328 g/mol. The topological polar surface area (TPSA) is 42.5 Å². The van der Waals surface area contributed by atoms with Gasteiger partial charge in [0, 0.05) is 27.3 Å². The molecule has 0 saturated carbocycles. The van der Waals surface area contributed by atoms with Crippen LogP contribution in [-0.4, -0.2) is 40.5 Å². The fourth-order valence-corrected chi connectivity index (χ4v) is 2.81. The second-order valence-electron chi connectivity index (χ2n) is 5.67. The summed E-state index contributed by atoms with van der Waals surface area (Å²) in [5, 5.41) is 7.27. The third-order valence-electron chi connectivity index (χ3n) is 3.99. The van der Waals surface area contributed by atoms with Crippen molar-refractivity contribution in [3.63, 3.8) is 0 Å². The molecule has 2 rings (SSSR count). The minimum Gasteiger partial charge on any atom is -0.383 e. The van der Waals surface area contributed by atoms with Crippen LogP contribution in [0.5, 0.6) is 0 Å². The molecule has 4 heteroatoms. The first-order valence-corrected chi connectivity index (χ1v) is 8.41. The summed E-state index contributed by atoms with van der Waals surface area (Å²) in [6.45, 7) is 2.96. The van der Waals surface area contributed by atoms with Gasteiger partial charge in [-0.15, -0.1) is 0 Å². The molecular formula is C20H28N2O2. The summed E-state index contributed by atoms with van der Waals surface area (Å²) >= 11 is 0. The van der Waals surface area contributed by atoms with E-state index in [1.165, 1.54) is 11.1 Å². The lowest BCUT2D eigenvalue weighted by atomic mass is 9.93. The summed E-state index contributed by atoms with van der Waals surface area (Å²) in [4.78, 5) is 0.